The molecule has 0 bridgehead atoms. The van der Waals surface area contributed by atoms with Gasteiger partial charge in [0.25, 0.3) is 0 Å². The molecule has 0 atom stereocenters. The molecule has 2 aromatic rings. The summed E-state index contributed by atoms with van der Waals surface area (Å²) in [5.41, 5.74) is 11.8. The zero-order valence-corrected chi connectivity index (χ0v) is 11.0. The number of hydrogen-bond acceptors (Lipinski definition) is 2. The summed E-state index contributed by atoms with van der Waals surface area (Å²) in [7, 11) is 0. The third-order valence-corrected chi connectivity index (χ3v) is 3.69. The maximum Gasteiger partial charge on any atom is 0.0437 e. The van der Waals surface area contributed by atoms with E-state index in [1.807, 2.05) is 18.2 Å². The summed E-state index contributed by atoms with van der Waals surface area (Å²) in [6.45, 7) is 3.96. The highest BCUT2D eigenvalue weighted by Gasteiger charge is 2.20. The number of hydrogen-bond donors (Lipinski definition) is 1. The van der Waals surface area contributed by atoms with E-state index in [1.165, 1.54) is 22.4 Å². The quantitative estimate of drug-likeness (QED) is 0.790. The van der Waals surface area contributed by atoms with Crippen molar-refractivity contribution in [2.45, 2.75) is 20.0 Å². The fourth-order valence-electron chi connectivity index (χ4n) is 2.56. The molecular formula is C15H15ClN2. The van der Waals surface area contributed by atoms with Gasteiger partial charge in [0.05, 0.1) is 0 Å². The molecule has 2 aromatic carbocycles. The number of nitrogens with zero attached hydrogens (tertiary/aromatic N) is 1. The van der Waals surface area contributed by atoms with E-state index in [4.69, 9.17) is 17.3 Å². The molecule has 0 spiro atoms. The second kappa shape index (κ2) is 4.21. The maximum atomic E-state index is 6.00. The van der Waals surface area contributed by atoms with Gasteiger partial charge in [0.1, 0.15) is 0 Å². The number of fused-ring (bicyclic) bond motifs is 1. The van der Waals surface area contributed by atoms with Gasteiger partial charge < -0.3 is 10.6 Å². The summed E-state index contributed by atoms with van der Waals surface area (Å²) >= 11 is 6.00. The lowest BCUT2D eigenvalue weighted by molar-refractivity contribution is 0.875. The lowest BCUT2D eigenvalue weighted by atomic mass is 10.1. The second-order valence-electron chi connectivity index (χ2n) is 4.82. The average Bonchev–Trinajstić information content (AvgIpc) is 2.71. The van der Waals surface area contributed by atoms with Crippen molar-refractivity contribution < 1.29 is 0 Å². The fourth-order valence-corrected chi connectivity index (χ4v) is 2.79. The Balaban J connectivity index is 1.93. The highest BCUT2D eigenvalue weighted by molar-refractivity contribution is 6.30. The second-order valence-corrected chi connectivity index (χ2v) is 5.25. The number of nitrogens with two attached hydrogens (primary N) is 1. The molecule has 0 radical (unpaired) electrons. The average molecular weight is 259 g/mol. The molecule has 1 aliphatic heterocycles. The number of benzene rings is 2. The molecular weight excluding hydrogens is 244 g/mol. The van der Waals surface area contributed by atoms with Crippen LogP contribution >= 0.6 is 11.6 Å². The van der Waals surface area contributed by atoms with E-state index in [2.05, 4.69) is 30.0 Å². The van der Waals surface area contributed by atoms with E-state index >= 15 is 0 Å². The van der Waals surface area contributed by atoms with Crippen molar-refractivity contribution in [3.8, 4) is 0 Å². The monoisotopic (exact) mass is 258 g/mol. The molecule has 0 aliphatic carbocycles. The lowest BCUT2D eigenvalue weighted by Gasteiger charge is -2.20. The van der Waals surface area contributed by atoms with E-state index in [1.54, 1.807) is 0 Å². The first-order chi connectivity index (χ1) is 8.63. The highest BCUT2D eigenvalue weighted by atomic mass is 35.5. The molecule has 1 heterocycles. The van der Waals surface area contributed by atoms with E-state index in [0.29, 0.717) is 0 Å². The summed E-state index contributed by atoms with van der Waals surface area (Å²) < 4.78 is 0. The minimum Gasteiger partial charge on any atom is -0.399 e. The Bertz CT molecular complexity index is 607. The molecule has 0 fully saturated rings. The van der Waals surface area contributed by atoms with Gasteiger partial charge >= 0.3 is 0 Å². The fraction of sp³-hybridized carbons (Fsp3) is 0.200. The Morgan fingerprint density at radius 2 is 1.83 bits per heavy atom. The molecule has 0 saturated carbocycles. The minimum atomic E-state index is 0.789. The molecule has 3 heteroatoms. The smallest absolute Gasteiger partial charge is 0.0437 e. The third kappa shape index (κ3) is 1.93. The summed E-state index contributed by atoms with van der Waals surface area (Å²) in [4.78, 5) is 2.36. The van der Waals surface area contributed by atoms with Crippen molar-refractivity contribution in [2.24, 2.45) is 0 Å². The lowest BCUT2D eigenvalue weighted by Crippen LogP contribution is -2.15. The number of rotatable bonds is 1. The van der Waals surface area contributed by atoms with Crippen LogP contribution in [0, 0.1) is 6.92 Å². The summed E-state index contributed by atoms with van der Waals surface area (Å²) in [5, 5.41) is 0.789. The van der Waals surface area contributed by atoms with Crippen molar-refractivity contribution in [3.63, 3.8) is 0 Å². The Hall–Kier alpha value is -1.67. The Morgan fingerprint density at radius 3 is 2.61 bits per heavy atom. The van der Waals surface area contributed by atoms with Gasteiger partial charge in [-0.15, -0.1) is 0 Å². The largest absolute Gasteiger partial charge is 0.399 e. The van der Waals surface area contributed by atoms with Crippen molar-refractivity contribution >= 4 is 23.0 Å². The predicted molar refractivity (Wildman–Crippen MR) is 76.9 cm³/mol. The molecule has 0 aromatic heterocycles. The first-order valence-electron chi connectivity index (χ1n) is 6.02. The van der Waals surface area contributed by atoms with E-state index < -0.39 is 0 Å². The van der Waals surface area contributed by atoms with Gasteiger partial charge in [-0.05, 0) is 53.9 Å². The topological polar surface area (TPSA) is 29.3 Å². The van der Waals surface area contributed by atoms with Crippen LogP contribution in [0.5, 0.6) is 0 Å². The number of anilines is 2. The van der Waals surface area contributed by atoms with Crippen LogP contribution in [0.15, 0.2) is 36.4 Å². The molecule has 18 heavy (non-hydrogen) atoms. The third-order valence-electron chi connectivity index (χ3n) is 3.45. The van der Waals surface area contributed by atoms with Crippen molar-refractivity contribution in [1.29, 1.82) is 0 Å². The SMILES string of the molecule is Cc1cc(Cl)ccc1N1Cc2ccc(N)cc2C1. The molecule has 2 nitrogen and oxygen atoms in total. The molecule has 0 saturated heterocycles. The van der Waals surface area contributed by atoms with Crippen LogP contribution < -0.4 is 10.6 Å². The first-order valence-corrected chi connectivity index (χ1v) is 6.39. The maximum absolute atomic E-state index is 6.00. The normalized spacial score (nSPS) is 13.8. The summed E-state index contributed by atoms with van der Waals surface area (Å²) in [6, 6.07) is 12.2. The van der Waals surface area contributed by atoms with Crippen molar-refractivity contribution in [2.75, 3.05) is 10.6 Å². The standard InChI is InChI=1S/C15H15ClN2/c1-10-6-13(16)3-5-15(10)18-8-11-2-4-14(17)7-12(11)9-18/h2-7H,8-9,17H2,1H3. The van der Waals surface area contributed by atoms with Gasteiger partial charge in [-0.1, -0.05) is 17.7 Å². The van der Waals surface area contributed by atoms with Crippen LogP contribution in [0.4, 0.5) is 11.4 Å². The molecule has 2 N–H and O–H groups in total. The van der Waals surface area contributed by atoms with Crippen LogP contribution in [-0.2, 0) is 13.1 Å². The Kier molecular flexibility index (Phi) is 2.67. The van der Waals surface area contributed by atoms with E-state index in [-0.39, 0.29) is 0 Å². The van der Waals surface area contributed by atoms with Crippen LogP contribution in [-0.4, -0.2) is 0 Å². The molecule has 3 rings (SSSR count). The summed E-state index contributed by atoms with van der Waals surface area (Å²) in [6.07, 6.45) is 0. The summed E-state index contributed by atoms with van der Waals surface area (Å²) in [5.74, 6) is 0. The van der Waals surface area contributed by atoms with E-state index in [9.17, 15) is 0 Å². The van der Waals surface area contributed by atoms with Crippen LogP contribution in [0.3, 0.4) is 0 Å². The van der Waals surface area contributed by atoms with Crippen molar-refractivity contribution in [1.82, 2.24) is 0 Å². The Morgan fingerprint density at radius 1 is 1.06 bits per heavy atom. The highest BCUT2D eigenvalue weighted by Crippen LogP contribution is 2.32. The number of aryl methyl sites for hydroxylation is 1. The predicted octanol–water partition coefficient (Wildman–Crippen LogP) is 3.75. The molecule has 92 valence electrons. The first kappa shape index (κ1) is 11.4. The minimum absolute atomic E-state index is 0.789. The molecule has 0 unspecified atom stereocenters. The van der Waals surface area contributed by atoms with E-state index in [0.717, 1.165) is 23.8 Å². The molecule has 1 aliphatic rings. The molecule has 0 amide bonds. The zero-order valence-electron chi connectivity index (χ0n) is 10.3. The van der Waals surface area contributed by atoms with Crippen LogP contribution in [0.2, 0.25) is 5.02 Å². The van der Waals surface area contributed by atoms with Gasteiger partial charge in [-0.3, -0.25) is 0 Å². The van der Waals surface area contributed by atoms with Gasteiger partial charge in [0.15, 0.2) is 0 Å². The van der Waals surface area contributed by atoms with Gasteiger partial charge in [-0.2, -0.15) is 0 Å². The zero-order chi connectivity index (χ0) is 12.7. The number of halogens is 1. The number of nitrogen functional groups attached to an aromatic ring is 1. The Labute approximate surface area is 112 Å². The van der Waals surface area contributed by atoms with Gasteiger partial charge in [0.2, 0.25) is 0 Å². The van der Waals surface area contributed by atoms with Crippen molar-refractivity contribution in [3.05, 3.63) is 58.1 Å². The van der Waals surface area contributed by atoms with Gasteiger partial charge in [-0.25, -0.2) is 0 Å². The van der Waals surface area contributed by atoms with Crippen LogP contribution in [0.25, 0.3) is 0 Å². The van der Waals surface area contributed by atoms with Crippen LogP contribution in [0.1, 0.15) is 16.7 Å². The van der Waals surface area contributed by atoms with Gasteiger partial charge in [0, 0.05) is 29.5 Å².